The fourth-order valence-electron chi connectivity index (χ4n) is 2.01. The van der Waals surface area contributed by atoms with Gasteiger partial charge >= 0.3 is 0 Å². The minimum Gasteiger partial charge on any atom is -0.507 e. The topological polar surface area (TPSA) is 46.5 Å². The third-order valence-electron chi connectivity index (χ3n) is 2.98. The molecule has 1 aromatic carbocycles. The van der Waals surface area contributed by atoms with Crippen molar-refractivity contribution in [1.29, 1.82) is 0 Å². The van der Waals surface area contributed by atoms with Crippen molar-refractivity contribution in [2.75, 3.05) is 0 Å². The van der Waals surface area contributed by atoms with Crippen molar-refractivity contribution in [2.24, 2.45) is 0 Å². The van der Waals surface area contributed by atoms with Gasteiger partial charge < -0.3 is 9.84 Å². The highest BCUT2D eigenvalue weighted by atomic mass is 16.5. The lowest BCUT2D eigenvalue weighted by atomic mass is 9.92. The number of carbonyl (C=O) groups excluding carboxylic acids is 1. The van der Waals surface area contributed by atoms with Crippen molar-refractivity contribution in [1.82, 2.24) is 0 Å². The lowest BCUT2D eigenvalue weighted by Crippen LogP contribution is -2.32. The molecule has 16 heavy (non-hydrogen) atoms. The van der Waals surface area contributed by atoms with Gasteiger partial charge in [0.15, 0.2) is 5.78 Å². The molecule has 0 unspecified atom stereocenters. The fourth-order valence-corrected chi connectivity index (χ4v) is 2.01. The molecule has 0 aliphatic carbocycles. The van der Waals surface area contributed by atoms with E-state index in [1.54, 1.807) is 12.1 Å². The first-order valence-corrected chi connectivity index (χ1v) is 5.45. The molecule has 0 saturated heterocycles. The number of Topliss-reactive ketones (excluding diaryl/α,β-unsaturated/α-hetero) is 1. The van der Waals surface area contributed by atoms with E-state index in [1.807, 2.05) is 13.8 Å². The molecule has 1 aromatic rings. The largest absolute Gasteiger partial charge is 0.507 e. The maximum atomic E-state index is 11.3. The molecule has 1 aliphatic heterocycles. The summed E-state index contributed by atoms with van der Waals surface area (Å²) in [6, 6.07) is 3.39. The van der Waals surface area contributed by atoms with Crippen LogP contribution in [0.4, 0.5) is 0 Å². The van der Waals surface area contributed by atoms with Crippen molar-refractivity contribution in [3.05, 3.63) is 23.3 Å². The van der Waals surface area contributed by atoms with Gasteiger partial charge in [-0.05, 0) is 45.7 Å². The van der Waals surface area contributed by atoms with E-state index in [-0.39, 0.29) is 17.1 Å². The molecular formula is C13H16O3. The highest BCUT2D eigenvalue weighted by molar-refractivity contribution is 5.97. The van der Waals surface area contributed by atoms with Crippen LogP contribution in [0.3, 0.4) is 0 Å². The van der Waals surface area contributed by atoms with Gasteiger partial charge in [-0.3, -0.25) is 4.79 Å². The number of carbonyl (C=O) groups is 1. The fraction of sp³-hybridized carbons (Fsp3) is 0.462. The first-order valence-electron chi connectivity index (χ1n) is 5.45. The summed E-state index contributed by atoms with van der Waals surface area (Å²) in [5.74, 6) is 0.657. The molecule has 0 aromatic heterocycles. The minimum absolute atomic E-state index is 0.0838. The van der Waals surface area contributed by atoms with Gasteiger partial charge in [0.05, 0.1) is 5.56 Å². The maximum Gasteiger partial charge on any atom is 0.163 e. The van der Waals surface area contributed by atoms with Crippen molar-refractivity contribution in [3.63, 3.8) is 0 Å². The molecule has 0 fully saturated rings. The Hall–Kier alpha value is -1.51. The second kappa shape index (κ2) is 3.51. The molecule has 3 nitrogen and oxygen atoms in total. The van der Waals surface area contributed by atoms with Gasteiger partial charge in [-0.2, -0.15) is 0 Å². The third kappa shape index (κ3) is 1.77. The van der Waals surface area contributed by atoms with Crippen LogP contribution in [0.1, 0.15) is 43.1 Å². The Balaban J connectivity index is 2.49. The predicted molar refractivity (Wildman–Crippen MR) is 61.1 cm³/mol. The van der Waals surface area contributed by atoms with Crippen LogP contribution in [-0.4, -0.2) is 16.5 Å². The van der Waals surface area contributed by atoms with Gasteiger partial charge in [0.2, 0.25) is 0 Å². The Morgan fingerprint density at radius 2 is 2.12 bits per heavy atom. The number of phenolic OH excluding ortho intramolecular Hbond substituents is 1. The van der Waals surface area contributed by atoms with Crippen LogP contribution in [0.2, 0.25) is 0 Å². The zero-order valence-corrected chi connectivity index (χ0v) is 9.83. The van der Waals surface area contributed by atoms with E-state index >= 15 is 0 Å². The number of fused-ring (bicyclic) bond motifs is 1. The molecule has 86 valence electrons. The van der Waals surface area contributed by atoms with Gasteiger partial charge in [-0.25, -0.2) is 0 Å². The highest BCUT2D eigenvalue weighted by Gasteiger charge is 2.29. The van der Waals surface area contributed by atoms with Crippen molar-refractivity contribution in [2.45, 2.75) is 39.2 Å². The summed E-state index contributed by atoms with van der Waals surface area (Å²) in [4.78, 5) is 11.3. The smallest absolute Gasteiger partial charge is 0.163 e. The average Bonchev–Trinajstić information content (AvgIpc) is 2.15. The molecule has 0 radical (unpaired) electrons. The van der Waals surface area contributed by atoms with E-state index < -0.39 is 0 Å². The molecule has 0 atom stereocenters. The van der Waals surface area contributed by atoms with E-state index in [9.17, 15) is 9.90 Å². The predicted octanol–water partition coefficient (Wildman–Crippen LogP) is 2.70. The zero-order valence-electron chi connectivity index (χ0n) is 9.83. The quantitative estimate of drug-likeness (QED) is 0.740. The van der Waals surface area contributed by atoms with Gasteiger partial charge in [-0.1, -0.05) is 0 Å². The highest BCUT2D eigenvalue weighted by Crippen LogP contribution is 2.39. The monoisotopic (exact) mass is 220 g/mol. The summed E-state index contributed by atoms with van der Waals surface area (Å²) in [5, 5.41) is 9.97. The average molecular weight is 220 g/mol. The number of ether oxygens (including phenoxy) is 1. The van der Waals surface area contributed by atoms with E-state index in [2.05, 4.69) is 0 Å². The van der Waals surface area contributed by atoms with E-state index in [1.165, 1.54) is 6.92 Å². The summed E-state index contributed by atoms with van der Waals surface area (Å²) in [5.41, 5.74) is 0.936. The summed E-state index contributed by atoms with van der Waals surface area (Å²) in [6.45, 7) is 5.49. The molecular weight excluding hydrogens is 204 g/mol. The van der Waals surface area contributed by atoms with Crippen LogP contribution in [0.15, 0.2) is 12.1 Å². The van der Waals surface area contributed by atoms with E-state index in [4.69, 9.17) is 4.74 Å². The van der Waals surface area contributed by atoms with Crippen LogP contribution in [0.25, 0.3) is 0 Å². The second-order valence-corrected chi connectivity index (χ2v) is 4.86. The Labute approximate surface area is 95.0 Å². The van der Waals surface area contributed by atoms with Crippen LogP contribution < -0.4 is 4.74 Å². The summed E-state index contributed by atoms with van der Waals surface area (Å²) in [6.07, 6.45) is 1.59. The number of benzene rings is 1. The lowest BCUT2D eigenvalue weighted by Gasteiger charge is -2.33. The molecule has 0 spiro atoms. The molecule has 3 heteroatoms. The Morgan fingerprint density at radius 1 is 1.44 bits per heavy atom. The van der Waals surface area contributed by atoms with Crippen LogP contribution in [-0.2, 0) is 6.42 Å². The van der Waals surface area contributed by atoms with E-state index in [0.29, 0.717) is 11.3 Å². The SMILES string of the molecule is CC(=O)c1ccc2c(c1O)CCC(C)(C)O2. The van der Waals surface area contributed by atoms with Crippen LogP contribution in [0, 0.1) is 0 Å². The van der Waals surface area contributed by atoms with Gasteiger partial charge in [0.1, 0.15) is 17.1 Å². The number of hydrogen-bond donors (Lipinski definition) is 1. The second-order valence-electron chi connectivity index (χ2n) is 4.86. The number of aromatic hydroxyl groups is 1. The first-order chi connectivity index (χ1) is 7.41. The van der Waals surface area contributed by atoms with E-state index in [0.717, 1.165) is 18.4 Å². The number of rotatable bonds is 1. The number of ketones is 1. The summed E-state index contributed by atoms with van der Waals surface area (Å²) >= 11 is 0. The zero-order chi connectivity index (χ0) is 11.9. The first kappa shape index (κ1) is 11.0. The summed E-state index contributed by atoms with van der Waals surface area (Å²) < 4.78 is 5.76. The molecule has 1 aliphatic rings. The molecule has 1 N–H and O–H groups in total. The Morgan fingerprint density at radius 3 is 2.75 bits per heavy atom. The number of hydrogen-bond acceptors (Lipinski definition) is 3. The van der Waals surface area contributed by atoms with Gasteiger partial charge in [-0.15, -0.1) is 0 Å². The molecule has 2 rings (SSSR count). The van der Waals surface area contributed by atoms with Crippen molar-refractivity contribution >= 4 is 5.78 Å². The normalized spacial score (nSPS) is 17.4. The third-order valence-corrected chi connectivity index (χ3v) is 2.98. The van der Waals surface area contributed by atoms with Crippen LogP contribution in [0.5, 0.6) is 11.5 Å². The Bertz CT molecular complexity index is 447. The molecule has 0 saturated carbocycles. The standard InChI is InChI=1S/C13H16O3/c1-8(14)9-4-5-11-10(12(9)15)6-7-13(2,3)16-11/h4-5,15H,6-7H2,1-3H3. The molecule has 0 bridgehead atoms. The molecule has 0 amide bonds. The maximum absolute atomic E-state index is 11.3. The van der Waals surface area contributed by atoms with Crippen molar-refractivity contribution in [3.8, 4) is 11.5 Å². The minimum atomic E-state index is -0.197. The van der Waals surface area contributed by atoms with Crippen LogP contribution >= 0.6 is 0 Å². The molecule has 1 heterocycles. The Kier molecular flexibility index (Phi) is 2.41. The van der Waals surface area contributed by atoms with Crippen molar-refractivity contribution < 1.29 is 14.6 Å². The van der Waals surface area contributed by atoms with Gasteiger partial charge in [0.25, 0.3) is 0 Å². The summed E-state index contributed by atoms with van der Waals surface area (Å²) in [7, 11) is 0. The number of phenols is 1. The van der Waals surface area contributed by atoms with Gasteiger partial charge in [0, 0.05) is 5.56 Å². The lowest BCUT2D eigenvalue weighted by molar-refractivity contribution is 0.0835.